The normalized spacial score (nSPS) is 15.5. The van der Waals surface area contributed by atoms with Crippen molar-refractivity contribution in [3.8, 4) is 5.75 Å². The fourth-order valence-corrected chi connectivity index (χ4v) is 4.99. The average molecular weight is 553 g/mol. The Morgan fingerprint density at radius 1 is 1.14 bits per heavy atom. The Hall–Kier alpha value is -3.23. The van der Waals surface area contributed by atoms with Gasteiger partial charge in [0, 0.05) is 41.3 Å². The van der Waals surface area contributed by atoms with E-state index >= 15 is 0 Å². The Morgan fingerprint density at radius 2 is 1.94 bits per heavy atom. The molecule has 0 aromatic heterocycles. The molecule has 36 heavy (non-hydrogen) atoms. The molecule has 1 fully saturated rings. The molecule has 0 spiro atoms. The van der Waals surface area contributed by atoms with E-state index in [1.54, 1.807) is 13.2 Å². The maximum atomic E-state index is 14.8. The van der Waals surface area contributed by atoms with Crippen molar-refractivity contribution >= 4 is 27.8 Å². The molecule has 1 saturated heterocycles. The Morgan fingerprint density at radius 3 is 2.72 bits per heavy atom. The number of hydrogen-bond acceptors (Lipinski definition) is 4. The number of amides is 1. The van der Waals surface area contributed by atoms with Gasteiger partial charge in [0.05, 0.1) is 7.11 Å². The molecule has 1 atom stereocenters. The maximum absolute atomic E-state index is 14.8. The largest absolute Gasteiger partial charge is 0.496 e. The van der Waals surface area contributed by atoms with Crippen LogP contribution in [0.25, 0.3) is 0 Å². The molecule has 1 amide bonds. The first-order chi connectivity index (χ1) is 17.4. The van der Waals surface area contributed by atoms with Crippen molar-refractivity contribution in [3.05, 3.63) is 99.3 Å². The minimum Gasteiger partial charge on any atom is -0.496 e. The van der Waals surface area contributed by atoms with Crippen LogP contribution in [-0.4, -0.2) is 43.0 Å². The average Bonchev–Trinajstić information content (AvgIpc) is 3.30. The molecule has 3 N–H and O–H groups in total. The Balaban J connectivity index is 1.35. The van der Waals surface area contributed by atoms with E-state index in [2.05, 4.69) is 43.6 Å². The zero-order valence-electron chi connectivity index (χ0n) is 20.2. The molecule has 0 bridgehead atoms. The second-order valence-corrected chi connectivity index (χ2v) is 9.82. The molecule has 188 valence electrons. The number of halogens is 2. The summed E-state index contributed by atoms with van der Waals surface area (Å²) in [7, 11) is 1.60. The van der Waals surface area contributed by atoms with Gasteiger partial charge in [-0.1, -0.05) is 52.3 Å². The molecular weight excluding hydrogens is 523 g/mol. The van der Waals surface area contributed by atoms with Crippen molar-refractivity contribution in [1.82, 2.24) is 15.5 Å². The summed E-state index contributed by atoms with van der Waals surface area (Å²) >= 11 is 3.46. The van der Waals surface area contributed by atoms with Crippen molar-refractivity contribution in [2.45, 2.75) is 31.8 Å². The molecule has 8 heteroatoms. The van der Waals surface area contributed by atoms with Crippen LogP contribution in [0.1, 0.15) is 33.5 Å². The first-order valence-corrected chi connectivity index (χ1v) is 12.7. The van der Waals surface area contributed by atoms with Crippen LogP contribution in [-0.2, 0) is 19.4 Å². The van der Waals surface area contributed by atoms with E-state index in [4.69, 9.17) is 10.1 Å². The second kappa shape index (κ2) is 12.1. The number of hydrogen-bond donors (Lipinski definition) is 3. The fraction of sp³-hybridized carbons (Fsp3) is 0.286. The summed E-state index contributed by atoms with van der Waals surface area (Å²) in [5.41, 5.74) is 2.71. The first-order valence-electron chi connectivity index (χ1n) is 12.0. The van der Waals surface area contributed by atoms with Crippen LogP contribution in [0, 0.1) is 11.2 Å². The van der Waals surface area contributed by atoms with E-state index in [1.807, 2.05) is 36.4 Å². The van der Waals surface area contributed by atoms with Crippen LogP contribution in [0.15, 0.2) is 71.2 Å². The maximum Gasteiger partial charge on any atom is 0.258 e. The first kappa shape index (κ1) is 25.9. The summed E-state index contributed by atoms with van der Waals surface area (Å²) in [6.45, 7) is 2.56. The van der Waals surface area contributed by atoms with Gasteiger partial charge in [0.15, 0.2) is 5.96 Å². The Labute approximate surface area is 219 Å². The molecule has 1 aliphatic rings. The van der Waals surface area contributed by atoms with Crippen molar-refractivity contribution in [2.24, 2.45) is 0 Å². The van der Waals surface area contributed by atoms with E-state index in [1.165, 1.54) is 17.7 Å². The number of ether oxygens (including phenoxy) is 1. The van der Waals surface area contributed by atoms with Gasteiger partial charge in [-0.2, -0.15) is 0 Å². The molecule has 0 unspecified atom stereocenters. The van der Waals surface area contributed by atoms with Gasteiger partial charge in [-0.15, -0.1) is 0 Å². The van der Waals surface area contributed by atoms with E-state index < -0.39 is 11.7 Å². The van der Waals surface area contributed by atoms with E-state index in [0.29, 0.717) is 24.2 Å². The van der Waals surface area contributed by atoms with Crippen molar-refractivity contribution in [3.63, 3.8) is 0 Å². The smallest absolute Gasteiger partial charge is 0.258 e. The van der Waals surface area contributed by atoms with E-state index in [0.717, 1.165) is 36.1 Å². The van der Waals surface area contributed by atoms with Gasteiger partial charge in [-0.25, -0.2) is 4.39 Å². The number of nitrogens with one attached hydrogen (secondary N) is 3. The molecule has 6 nitrogen and oxygen atoms in total. The molecule has 0 radical (unpaired) electrons. The van der Waals surface area contributed by atoms with Gasteiger partial charge < -0.3 is 10.1 Å². The SMILES string of the molecule is COc1ccc(Br)cc1CCc1c(F)cccc1C(=O)NC(=N)N[C@@H]1CCN(Cc2ccccc2)C1. The predicted octanol–water partition coefficient (Wildman–Crippen LogP) is 4.91. The number of aryl methyl sites for hydroxylation is 1. The van der Waals surface area contributed by atoms with Gasteiger partial charge in [0.25, 0.3) is 5.91 Å². The summed E-state index contributed by atoms with van der Waals surface area (Å²) in [6, 6.07) is 20.5. The zero-order valence-corrected chi connectivity index (χ0v) is 21.8. The minimum atomic E-state index is -0.498. The van der Waals surface area contributed by atoms with Gasteiger partial charge >= 0.3 is 0 Å². The lowest BCUT2D eigenvalue weighted by atomic mass is 9.98. The lowest BCUT2D eigenvalue weighted by Crippen LogP contribution is -2.46. The zero-order chi connectivity index (χ0) is 25.5. The van der Waals surface area contributed by atoms with Crippen LogP contribution < -0.4 is 15.4 Å². The van der Waals surface area contributed by atoms with Crippen LogP contribution in [0.2, 0.25) is 0 Å². The summed E-state index contributed by atoms with van der Waals surface area (Å²) in [5, 5.41) is 14.0. The van der Waals surface area contributed by atoms with Crippen LogP contribution >= 0.6 is 15.9 Å². The molecule has 1 heterocycles. The highest BCUT2D eigenvalue weighted by atomic mass is 79.9. The topological polar surface area (TPSA) is 77.4 Å². The Bertz CT molecular complexity index is 1220. The summed E-state index contributed by atoms with van der Waals surface area (Å²) in [6.07, 6.45) is 1.70. The summed E-state index contributed by atoms with van der Waals surface area (Å²) in [4.78, 5) is 15.3. The monoisotopic (exact) mass is 552 g/mol. The molecule has 1 aliphatic heterocycles. The number of methoxy groups -OCH3 is 1. The summed E-state index contributed by atoms with van der Waals surface area (Å²) in [5.74, 6) is -0.300. The highest BCUT2D eigenvalue weighted by Crippen LogP contribution is 2.25. The lowest BCUT2D eigenvalue weighted by Gasteiger charge is -2.18. The number of carbonyl (C=O) groups excluding carboxylic acids is 1. The third kappa shape index (κ3) is 6.71. The molecule has 4 rings (SSSR count). The van der Waals surface area contributed by atoms with Crippen LogP contribution in [0.4, 0.5) is 4.39 Å². The predicted molar refractivity (Wildman–Crippen MR) is 143 cm³/mol. The molecule has 3 aromatic rings. The summed E-state index contributed by atoms with van der Waals surface area (Å²) < 4.78 is 21.1. The quantitative estimate of drug-likeness (QED) is 0.274. The molecular formula is C28H30BrFN4O2. The van der Waals surface area contributed by atoms with Crippen molar-refractivity contribution < 1.29 is 13.9 Å². The van der Waals surface area contributed by atoms with Gasteiger partial charge in [-0.05, 0) is 60.7 Å². The van der Waals surface area contributed by atoms with Crippen LogP contribution in [0.3, 0.4) is 0 Å². The number of likely N-dealkylation sites (tertiary alicyclic amines) is 1. The number of nitrogens with zero attached hydrogens (tertiary/aromatic N) is 1. The van der Waals surface area contributed by atoms with Crippen LogP contribution in [0.5, 0.6) is 5.75 Å². The van der Waals surface area contributed by atoms with Crippen molar-refractivity contribution in [1.29, 1.82) is 5.41 Å². The fourth-order valence-electron chi connectivity index (χ4n) is 4.58. The molecule has 0 aliphatic carbocycles. The minimum absolute atomic E-state index is 0.0671. The van der Waals surface area contributed by atoms with Gasteiger partial charge in [-0.3, -0.25) is 20.4 Å². The highest BCUT2D eigenvalue weighted by Gasteiger charge is 2.24. The number of rotatable bonds is 8. The van der Waals surface area contributed by atoms with E-state index in [9.17, 15) is 9.18 Å². The highest BCUT2D eigenvalue weighted by molar-refractivity contribution is 9.10. The number of benzene rings is 3. The third-order valence-corrected chi connectivity index (χ3v) is 6.85. The number of carbonyl (C=O) groups is 1. The van der Waals surface area contributed by atoms with Crippen molar-refractivity contribution in [2.75, 3.05) is 20.2 Å². The lowest BCUT2D eigenvalue weighted by molar-refractivity contribution is 0.0974. The number of guanidine groups is 1. The Kier molecular flexibility index (Phi) is 8.72. The second-order valence-electron chi connectivity index (χ2n) is 8.90. The molecule has 0 saturated carbocycles. The molecule has 3 aromatic carbocycles. The third-order valence-electron chi connectivity index (χ3n) is 6.36. The van der Waals surface area contributed by atoms with Gasteiger partial charge in [0.2, 0.25) is 0 Å². The standard InChI is InChI=1S/C28H30BrFN4O2/c1-36-26-13-11-21(29)16-20(26)10-12-23-24(8-5-9-25(23)30)27(35)33-28(31)32-22-14-15-34(18-22)17-19-6-3-2-4-7-19/h2-9,11,13,16,22H,10,12,14-15,17-18H2,1H3,(H3,31,32,33,35)/t22-/m1/s1. The van der Waals surface area contributed by atoms with Gasteiger partial charge in [0.1, 0.15) is 11.6 Å². The van der Waals surface area contributed by atoms with E-state index in [-0.39, 0.29) is 17.6 Å².